The van der Waals surface area contributed by atoms with Gasteiger partial charge in [0.2, 0.25) is 5.91 Å². The van der Waals surface area contributed by atoms with Crippen molar-refractivity contribution in [3.05, 3.63) is 80.5 Å². The first-order chi connectivity index (χ1) is 17.3. The maximum Gasteiger partial charge on any atom is 0.267 e. The lowest BCUT2D eigenvalue weighted by Crippen LogP contribution is -2.28. The van der Waals surface area contributed by atoms with Crippen molar-refractivity contribution in [2.75, 3.05) is 11.1 Å². The number of para-hydroxylation sites is 1. The predicted molar refractivity (Wildman–Crippen MR) is 148 cm³/mol. The molecule has 5 rings (SSSR count). The van der Waals surface area contributed by atoms with Gasteiger partial charge in [0.25, 0.3) is 5.56 Å². The third-order valence-electron chi connectivity index (χ3n) is 6.48. The number of aryl methyl sites for hydroxylation is 2. The van der Waals surface area contributed by atoms with Crippen LogP contribution in [0.15, 0.2) is 58.5 Å². The number of nitrogens with one attached hydrogen (secondary N) is 1. The Kier molecular flexibility index (Phi) is 7.01. The molecule has 1 aliphatic heterocycles. The smallest absolute Gasteiger partial charge is 0.267 e. The lowest BCUT2D eigenvalue weighted by molar-refractivity contribution is -0.113. The molecule has 6 nitrogen and oxygen atoms in total. The molecule has 1 aliphatic rings. The minimum atomic E-state index is -0.145. The highest BCUT2D eigenvalue weighted by Gasteiger charge is 2.29. The van der Waals surface area contributed by atoms with E-state index >= 15 is 0 Å². The number of thioether (sulfide) groups is 1. The number of carbonyl (C=O) groups excluding carboxylic acids is 1. The molecular weight excluding hydrogens is 490 g/mol. The third kappa shape index (κ3) is 4.85. The van der Waals surface area contributed by atoms with Crippen LogP contribution in [0.2, 0.25) is 0 Å². The summed E-state index contributed by atoms with van der Waals surface area (Å²) in [6.45, 7) is 8.78. The molecule has 0 aliphatic carbocycles. The molecule has 0 fully saturated rings. The third-order valence-corrected chi connectivity index (χ3v) is 8.52. The van der Waals surface area contributed by atoms with Crippen molar-refractivity contribution in [2.24, 2.45) is 5.92 Å². The summed E-state index contributed by atoms with van der Waals surface area (Å²) in [5.74, 6) is 0.358. The lowest BCUT2D eigenvalue weighted by atomic mass is 9.96. The van der Waals surface area contributed by atoms with E-state index < -0.39 is 0 Å². The predicted octanol–water partition coefficient (Wildman–Crippen LogP) is 5.89. The maximum absolute atomic E-state index is 14.1. The van der Waals surface area contributed by atoms with E-state index in [0.29, 0.717) is 34.3 Å². The fraction of sp³-hybridized carbons (Fsp3) is 0.321. The highest BCUT2D eigenvalue weighted by atomic mass is 32.2. The van der Waals surface area contributed by atoms with Crippen LogP contribution < -0.4 is 10.9 Å². The molecule has 0 spiro atoms. The second-order valence-corrected chi connectivity index (χ2v) is 11.5. The van der Waals surface area contributed by atoms with Gasteiger partial charge in [0.05, 0.1) is 29.5 Å². The van der Waals surface area contributed by atoms with Crippen molar-refractivity contribution < 1.29 is 9.53 Å². The molecule has 186 valence electrons. The number of rotatable bonds is 6. The summed E-state index contributed by atoms with van der Waals surface area (Å²) in [5, 5.41) is 4.12. The second-order valence-electron chi connectivity index (χ2n) is 9.51. The monoisotopic (exact) mass is 519 g/mol. The minimum absolute atomic E-state index is 0.0844. The Morgan fingerprint density at radius 1 is 1.19 bits per heavy atom. The number of amides is 1. The molecule has 2 aromatic carbocycles. The number of nitrogens with zero attached hydrogens (tertiary/aromatic N) is 2. The SMILES string of the molecule is Cc1ccc(NC(=O)CSc2nc3sc4c(c3c(=O)n2-c2ccccc2C)CC(C(C)C)OC4)cc1. The first-order valence-electron chi connectivity index (χ1n) is 12.1. The van der Waals surface area contributed by atoms with Crippen LogP contribution in [0.25, 0.3) is 15.9 Å². The fourth-order valence-electron chi connectivity index (χ4n) is 4.42. The van der Waals surface area contributed by atoms with Crippen LogP contribution >= 0.6 is 23.1 Å². The van der Waals surface area contributed by atoms with Gasteiger partial charge in [0.15, 0.2) is 5.16 Å². The Bertz CT molecular complexity index is 1490. The summed E-state index contributed by atoms with van der Waals surface area (Å²) in [6, 6.07) is 15.5. The van der Waals surface area contributed by atoms with Gasteiger partial charge >= 0.3 is 0 Å². The van der Waals surface area contributed by atoms with E-state index in [9.17, 15) is 9.59 Å². The summed E-state index contributed by atoms with van der Waals surface area (Å²) in [4.78, 5) is 33.5. The number of hydrogen-bond acceptors (Lipinski definition) is 6. The Morgan fingerprint density at radius 3 is 2.67 bits per heavy atom. The lowest BCUT2D eigenvalue weighted by Gasteiger charge is -2.26. The van der Waals surface area contributed by atoms with Gasteiger partial charge in [0, 0.05) is 17.0 Å². The molecule has 0 radical (unpaired) electrons. The summed E-state index contributed by atoms with van der Waals surface area (Å²) in [7, 11) is 0. The normalized spacial score (nSPS) is 15.3. The fourth-order valence-corrected chi connectivity index (χ4v) is 6.39. The van der Waals surface area contributed by atoms with E-state index in [1.165, 1.54) is 23.1 Å². The summed E-state index contributed by atoms with van der Waals surface area (Å²) < 4.78 is 7.73. The number of benzene rings is 2. The topological polar surface area (TPSA) is 73.2 Å². The Labute approximate surface area is 218 Å². The van der Waals surface area contributed by atoms with Gasteiger partial charge < -0.3 is 10.1 Å². The summed E-state index contributed by atoms with van der Waals surface area (Å²) in [6.07, 6.45) is 0.796. The van der Waals surface area contributed by atoms with Crippen LogP contribution in [0.4, 0.5) is 5.69 Å². The minimum Gasteiger partial charge on any atom is -0.372 e. The molecule has 2 aromatic heterocycles. The van der Waals surface area contributed by atoms with Gasteiger partial charge in [-0.15, -0.1) is 11.3 Å². The number of fused-ring (bicyclic) bond motifs is 3. The van der Waals surface area contributed by atoms with Crippen LogP contribution in [0, 0.1) is 19.8 Å². The molecule has 0 saturated carbocycles. The molecule has 0 bridgehead atoms. The van der Waals surface area contributed by atoms with E-state index in [4.69, 9.17) is 9.72 Å². The largest absolute Gasteiger partial charge is 0.372 e. The van der Waals surface area contributed by atoms with Crippen molar-refractivity contribution in [3.8, 4) is 5.69 Å². The van der Waals surface area contributed by atoms with Crippen LogP contribution in [0.1, 0.15) is 35.4 Å². The number of thiophene rings is 1. The van der Waals surface area contributed by atoms with E-state index in [-0.39, 0.29) is 23.3 Å². The molecule has 1 N–H and O–H groups in total. The molecule has 0 saturated heterocycles. The van der Waals surface area contributed by atoms with E-state index in [0.717, 1.165) is 32.9 Å². The van der Waals surface area contributed by atoms with Crippen LogP contribution in [0.5, 0.6) is 0 Å². The highest BCUT2D eigenvalue weighted by molar-refractivity contribution is 7.99. The van der Waals surface area contributed by atoms with E-state index in [2.05, 4.69) is 19.2 Å². The number of aromatic nitrogens is 2. The molecule has 8 heteroatoms. The molecule has 3 heterocycles. The standard InChI is InChI=1S/C28H29N3O3S2/c1-16(2)22-13-20-23(14-34-22)36-26-25(20)27(33)31(21-8-6-5-7-18(21)4)28(30-26)35-15-24(32)29-19-11-9-17(3)10-12-19/h5-12,16,22H,13-15H2,1-4H3,(H,29,32). The van der Waals surface area contributed by atoms with Gasteiger partial charge in [-0.25, -0.2) is 4.98 Å². The van der Waals surface area contributed by atoms with Gasteiger partial charge in [0.1, 0.15) is 4.83 Å². The molecule has 4 aromatic rings. The Hall–Kier alpha value is -2.94. The average molecular weight is 520 g/mol. The second kappa shape index (κ2) is 10.2. The molecule has 1 amide bonds. The van der Waals surface area contributed by atoms with Crippen molar-refractivity contribution in [3.63, 3.8) is 0 Å². The quantitative estimate of drug-likeness (QED) is 0.254. The molecule has 1 unspecified atom stereocenters. The first-order valence-corrected chi connectivity index (χ1v) is 13.9. The number of anilines is 1. The van der Waals surface area contributed by atoms with E-state index in [1.807, 2.05) is 62.4 Å². The van der Waals surface area contributed by atoms with Crippen LogP contribution in [0.3, 0.4) is 0 Å². The van der Waals surface area contributed by atoms with Crippen molar-refractivity contribution >= 4 is 44.9 Å². The molecular formula is C28H29N3O3S2. The first kappa shape index (κ1) is 24.7. The van der Waals surface area contributed by atoms with Crippen LogP contribution in [-0.4, -0.2) is 27.3 Å². The maximum atomic E-state index is 14.1. The highest BCUT2D eigenvalue weighted by Crippen LogP contribution is 2.36. The van der Waals surface area contributed by atoms with Gasteiger partial charge in [-0.05, 0) is 49.1 Å². The zero-order valence-electron chi connectivity index (χ0n) is 20.8. The number of hydrogen-bond donors (Lipinski definition) is 1. The summed E-state index contributed by atoms with van der Waals surface area (Å²) in [5.41, 5.74) is 4.61. The molecule has 1 atom stereocenters. The zero-order chi connectivity index (χ0) is 25.4. The molecule has 36 heavy (non-hydrogen) atoms. The van der Waals surface area contributed by atoms with E-state index in [1.54, 1.807) is 4.57 Å². The van der Waals surface area contributed by atoms with Crippen LogP contribution in [-0.2, 0) is 22.6 Å². The van der Waals surface area contributed by atoms with Crippen molar-refractivity contribution in [2.45, 2.75) is 52.0 Å². The van der Waals surface area contributed by atoms with Gasteiger partial charge in [-0.1, -0.05) is 61.5 Å². The van der Waals surface area contributed by atoms with Gasteiger partial charge in [-0.2, -0.15) is 0 Å². The number of ether oxygens (including phenoxy) is 1. The van der Waals surface area contributed by atoms with Crippen molar-refractivity contribution in [1.82, 2.24) is 9.55 Å². The Morgan fingerprint density at radius 2 is 1.94 bits per heavy atom. The Balaban J connectivity index is 1.54. The average Bonchev–Trinajstić information content (AvgIpc) is 3.23. The summed E-state index contributed by atoms with van der Waals surface area (Å²) >= 11 is 2.80. The number of carbonyl (C=O) groups is 1. The van der Waals surface area contributed by atoms with Crippen molar-refractivity contribution in [1.29, 1.82) is 0 Å². The zero-order valence-corrected chi connectivity index (χ0v) is 22.5. The van der Waals surface area contributed by atoms with Gasteiger partial charge in [-0.3, -0.25) is 14.2 Å².